The first-order chi connectivity index (χ1) is 11.1. The fraction of sp³-hybridized carbons (Fsp3) is 0.688. The Bertz CT molecular complexity index is 795. The second-order valence-corrected chi connectivity index (χ2v) is 6.31. The lowest BCUT2D eigenvalue weighted by Gasteiger charge is -2.28. The van der Waals surface area contributed by atoms with Gasteiger partial charge in [-0.3, -0.25) is 14.3 Å². The number of nitrogens with zero attached hydrogens (tertiary/aromatic N) is 4. The van der Waals surface area contributed by atoms with Crippen molar-refractivity contribution in [2.75, 3.05) is 18.0 Å². The summed E-state index contributed by atoms with van der Waals surface area (Å²) in [5, 5.41) is 0. The Labute approximate surface area is 134 Å². The minimum atomic E-state index is -0.411. The van der Waals surface area contributed by atoms with Crippen molar-refractivity contribution in [1.29, 1.82) is 0 Å². The lowest BCUT2D eigenvalue weighted by atomic mass is 10.1. The van der Waals surface area contributed by atoms with Crippen LogP contribution in [0.25, 0.3) is 11.2 Å². The summed E-state index contributed by atoms with van der Waals surface area (Å²) < 4.78 is 3.44. The molecule has 1 fully saturated rings. The van der Waals surface area contributed by atoms with Crippen LogP contribution < -0.4 is 16.1 Å². The van der Waals surface area contributed by atoms with E-state index < -0.39 is 5.69 Å². The van der Waals surface area contributed by atoms with E-state index in [0.29, 0.717) is 11.2 Å². The van der Waals surface area contributed by atoms with Crippen LogP contribution in [0.3, 0.4) is 0 Å². The number of piperidine rings is 1. The predicted octanol–water partition coefficient (Wildman–Crippen LogP) is 1.60. The van der Waals surface area contributed by atoms with Crippen molar-refractivity contribution in [3.63, 3.8) is 0 Å². The molecule has 23 heavy (non-hydrogen) atoms. The first kappa shape index (κ1) is 15.8. The molecule has 0 bridgehead atoms. The van der Waals surface area contributed by atoms with Crippen LogP contribution in [0.1, 0.15) is 45.4 Å². The Kier molecular flexibility index (Phi) is 4.54. The molecule has 0 spiro atoms. The van der Waals surface area contributed by atoms with Crippen LogP contribution >= 0.6 is 0 Å². The quantitative estimate of drug-likeness (QED) is 0.849. The lowest BCUT2D eigenvalue weighted by Crippen LogP contribution is -2.32. The topological polar surface area (TPSA) is 75.9 Å². The fourth-order valence-electron chi connectivity index (χ4n) is 3.29. The van der Waals surface area contributed by atoms with Crippen LogP contribution in [-0.4, -0.2) is 32.2 Å². The van der Waals surface area contributed by atoms with Crippen molar-refractivity contribution in [3.05, 3.63) is 20.8 Å². The van der Waals surface area contributed by atoms with Crippen LogP contribution in [0, 0.1) is 0 Å². The van der Waals surface area contributed by atoms with E-state index >= 15 is 0 Å². The molecule has 0 unspecified atom stereocenters. The van der Waals surface area contributed by atoms with Crippen molar-refractivity contribution >= 4 is 17.1 Å². The van der Waals surface area contributed by atoms with E-state index in [1.807, 2.05) is 4.57 Å². The van der Waals surface area contributed by atoms with E-state index in [4.69, 9.17) is 0 Å². The van der Waals surface area contributed by atoms with Gasteiger partial charge in [0.15, 0.2) is 11.2 Å². The number of aromatic amines is 1. The highest BCUT2D eigenvalue weighted by Gasteiger charge is 2.22. The summed E-state index contributed by atoms with van der Waals surface area (Å²) in [5.41, 5.74) is 0.251. The van der Waals surface area contributed by atoms with Gasteiger partial charge in [0.2, 0.25) is 5.95 Å². The third-order valence-corrected chi connectivity index (χ3v) is 4.61. The van der Waals surface area contributed by atoms with Gasteiger partial charge < -0.3 is 9.47 Å². The zero-order chi connectivity index (χ0) is 16.4. The predicted molar refractivity (Wildman–Crippen MR) is 91.2 cm³/mol. The number of unbranched alkanes of at least 4 members (excludes halogenated alkanes) is 2. The van der Waals surface area contributed by atoms with Crippen LogP contribution in [0.15, 0.2) is 9.59 Å². The molecule has 1 saturated heterocycles. The molecule has 1 N–H and O–H groups in total. The normalized spacial score (nSPS) is 15.5. The number of aromatic nitrogens is 4. The molecule has 1 aliphatic rings. The van der Waals surface area contributed by atoms with Gasteiger partial charge in [-0.1, -0.05) is 19.8 Å². The highest BCUT2D eigenvalue weighted by Crippen LogP contribution is 2.23. The summed E-state index contributed by atoms with van der Waals surface area (Å²) in [6.45, 7) is 4.84. The van der Waals surface area contributed by atoms with E-state index in [2.05, 4.69) is 21.8 Å². The average molecular weight is 319 g/mol. The third kappa shape index (κ3) is 2.92. The Morgan fingerprint density at radius 1 is 1.13 bits per heavy atom. The maximum atomic E-state index is 12.4. The molecular formula is C16H25N5O2. The van der Waals surface area contributed by atoms with Crippen LogP contribution in [0.2, 0.25) is 0 Å². The molecule has 3 heterocycles. The highest BCUT2D eigenvalue weighted by atomic mass is 16.2. The van der Waals surface area contributed by atoms with E-state index in [9.17, 15) is 9.59 Å². The zero-order valence-corrected chi connectivity index (χ0v) is 14.0. The van der Waals surface area contributed by atoms with Crippen molar-refractivity contribution < 1.29 is 0 Å². The number of aryl methyl sites for hydroxylation is 2. The number of fused-ring (bicyclic) bond motifs is 1. The number of imidazole rings is 1. The number of H-pyrrole nitrogens is 1. The standard InChI is InChI=1S/C16H25N5O2/c1-3-4-6-11-21-12-13(19(2)16(23)18-14(12)22)17-15(21)20-9-7-5-8-10-20/h3-11H2,1-2H3,(H,18,22,23). The number of nitrogens with one attached hydrogen (secondary N) is 1. The van der Waals surface area contributed by atoms with Gasteiger partial charge >= 0.3 is 5.69 Å². The fourth-order valence-corrected chi connectivity index (χ4v) is 3.29. The summed E-state index contributed by atoms with van der Waals surface area (Å²) in [6.07, 6.45) is 6.78. The molecular weight excluding hydrogens is 294 g/mol. The van der Waals surface area contributed by atoms with Gasteiger partial charge in [-0.15, -0.1) is 0 Å². The van der Waals surface area contributed by atoms with Gasteiger partial charge in [-0.2, -0.15) is 4.98 Å². The average Bonchev–Trinajstić information content (AvgIpc) is 2.94. The van der Waals surface area contributed by atoms with Crippen LogP contribution in [0.4, 0.5) is 5.95 Å². The second kappa shape index (κ2) is 6.60. The molecule has 0 saturated carbocycles. The van der Waals surface area contributed by atoms with Crippen LogP contribution in [0.5, 0.6) is 0 Å². The Hall–Kier alpha value is -2.05. The Morgan fingerprint density at radius 3 is 2.57 bits per heavy atom. The van der Waals surface area contributed by atoms with E-state index in [1.165, 1.54) is 11.0 Å². The molecule has 2 aromatic rings. The minimum absolute atomic E-state index is 0.338. The van der Waals surface area contributed by atoms with Gasteiger partial charge in [-0.05, 0) is 25.7 Å². The summed E-state index contributed by atoms with van der Waals surface area (Å²) >= 11 is 0. The van der Waals surface area contributed by atoms with Crippen molar-refractivity contribution in [2.24, 2.45) is 7.05 Å². The molecule has 2 aromatic heterocycles. The molecule has 3 rings (SSSR count). The van der Waals surface area contributed by atoms with Gasteiger partial charge in [0.1, 0.15) is 0 Å². The molecule has 7 nitrogen and oxygen atoms in total. The number of hydrogen-bond acceptors (Lipinski definition) is 4. The minimum Gasteiger partial charge on any atom is -0.342 e. The molecule has 1 aliphatic heterocycles. The molecule has 126 valence electrons. The smallest absolute Gasteiger partial charge is 0.329 e. The third-order valence-electron chi connectivity index (χ3n) is 4.61. The Balaban J connectivity index is 2.14. The zero-order valence-electron chi connectivity index (χ0n) is 14.0. The van der Waals surface area contributed by atoms with Gasteiger partial charge in [0, 0.05) is 26.7 Å². The molecule has 0 radical (unpaired) electrons. The molecule has 0 aromatic carbocycles. The second-order valence-electron chi connectivity index (χ2n) is 6.31. The maximum Gasteiger partial charge on any atom is 0.329 e. The first-order valence-electron chi connectivity index (χ1n) is 8.58. The number of anilines is 1. The van der Waals surface area contributed by atoms with Crippen LogP contribution in [-0.2, 0) is 13.6 Å². The molecule has 0 aliphatic carbocycles. The molecule has 7 heteroatoms. The van der Waals surface area contributed by atoms with E-state index in [1.54, 1.807) is 7.05 Å². The number of rotatable bonds is 5. The largest absolute Gasteiger partial charge is 0.342 e. The van der Waals surface area contributed by atoms with E-state index in [0.717, 1.165) is 57.7 Å². The summed E-state index contributed by atoms with van der Waals surface area (Å²) in [6, 6.07) is 0. The Morgan fingerprint density at radius 2 is 1.87 bits per heavy atom. The van der Waals surface area contributed by atoms with Crippen molar-refractivity contribution in [2.45, 2.75) is 52.0 Å². The molecule has 0 amide bonds. The SMILES string of the molecule is CCCCCn1c(N2CCCCC2)nc2c1c(=O)[nH]c(=O)n2C. The lowest BCUT2D eigenvalue weighted by molar-refractivity contribution is 0.545. The first-order valence-corrected chi connectivity index (χ1v) is 8.58. The monoisotopic (exact) mass is 319 g/mol. The molecule has 0 atom stereocenters. The van der Waals surface area contributed by atoms with Gasteiger partial charge in [0.25, 0.3) is 5.56 Å². The van der Waals surface area contributed by atoms with Gasteiger partial charge in [0.05, 0.1) is 0 Å². The maximum absolute atomic E-state index is 12.4. The highest BCUT2D eigenvalue weighted by molar-refractivity contribution is 5.74. The summed E-state index contributed by atoms with van der Waals surface area (Å²) in [4.78, 5) is 33.5. The van der Waals surface area contributed by atoms with Crippen molar-refractivity contribution in [1.82, 2.24) is 19.1 Å². The van der Waals surface area contributed by atoms with Gasteiger partial charge in [-0.25, -0.2) is 4.79 Å². The summed E-state index contributed by atoms with van der Waals surface area (Å²) in [7, 11) is 1.66. The van der Waals surface area contributed by atoms with E-state index in [-0.39, 0.29) is 5.56 Å². The van der Waals surface area contributed by atoms with Crippen molar-refractivity contribution in [3.8, 4) is 0 Å². The number of hydrogen-bond donors (Lipinski definition) is 1. The summed E-state index contributed by atoms with van der Waals surface area (Å²) in [5.74, 6) is 0.836.